The Kier molecular flexibility index (Phi) is 10.3. The molecule has 0 amide bonds. The summed E-state index contributed by atoms with van der Waals surface area (Å²) in [4.78, 5) is 65.8. The average molecular weight is 663 g/mol. The zero-order valence-electron chi connectivity index (χ0n) is 27.2. The van der Waals surface area contributed by atoms with E-state index in [2.05, 4.69) is 11.8 Å². The lowest BCUT2D eigenvalue weighted by molar-refractivity contribution is -0.757. The number of allylic oxidation sites excluding steroid dienone is 4. The number of ether oxygens (including phenoxy) is 4. The molecule has 3 unspecified atom stereocenters. The summed E-state index contributed by atoms with van der Waals surface area (Å²) >= 11 is 0. The third-order valence-corrected chi connectivity index (χ3v) is 11.3. The highest BCUT2D eigenvalue weighted by atomic mass is 16.9. The molecule has 4 fully saturated rings. The summed E-state index contributed by atoms with van der Waals surface area (Å²) in [6.45, 7) is 5.26. The van der Waals surface area contributed by atoms with Gasteiger partial charge in [0.05, 0.1) is 31.8 Å². The van der Waals surface area contributed by atoms with Crippen molar-refractivity contribution >= 4 is 23.5 Å². The first-order chi connectivity index (χ1) is 22.3. The quantitative estimate of drug-likeness (QED) is 0.119. The Morgan fingerprint density at radius 2 is 1.96 bits per heavy atom. The summed E-state index contributed by atoms with van der Waals surface area (Å²) in [6.07, 6.45) is 6.95. The zero-order chi connectivity index (χ0) is 34.1. The molecule has 1 saturated heterocycles. The normalized spacial score (nSPS) is 37.5. The molecule has 4 aliphatic carbocycles. The van der Waals surface area contributed by atoms with Gasteiger partial charge in [0.1, 0.15) is 6.04 Å². The van der Waals surface area contributed by atoms with Gasteiger partial charge >= 0.3 is 11.9 Å². The van der Waals surface area contributed by atoms with Crippen molar-refractivity contribution in [3.63, 3.8) is 0 Å². The highest BCUT2D eigenvalue weighted by Crippen LogP contribution is 2.69. The van der Waals surface area contributed by atoms with E-state index in [1.807, 2.05) is 19.9 Å². The number of aliphatic hydroxyl groups excluding tert-OH is 1. The van der Waals surface area contributed by atoms with Crippen LogP contribution in [0.1, 0.15) is 78.6 Å². The van der Waals surface area contributed by atoms with Crippen molar-refractivity contribution in [3.05, 3.63) is 33.9 Å². The largest absolute Gasteiger partial charge is 0.465 e. The zero-order valence-corrected chi connectivity index (χ0v) is 27.2. The number of carbonyl (C=O) groups excluding carboxylic acids is 4. The summed E-state index contributed by atoms with van der Waals surface area (Å²) in [6, 6.07) is -1.33. The molecule has 260 valence electrons. The van der Waals surface area contributed by atoms with Gasteiger partial charge in [0.2, 0.25) is 5.78 Å². The van der Waals surface area contributed by atoms with Crippen LogP contribution in [-0.2, 0) is 43.0 Å². The molecule has 0 aromatic heterocycles. The first-order valence-electron chi connectivity index (χ1n) is 16.6. The molecule has 1 aliphatic heterocycles. The minimum atomic E-state index is -1.45. The van der Waals surface area contributed by atoms with E-state index < -0.39 is 76.8 Å². The second-order valence-corrected chi connectivity index (χ2v) is 14.0. The molecule has 14 heteroatoms. The molecule has 3 saturated carbocycles. The number of nitrogens with zero attached hydrogens (tertiary/aromatic N) is 1. The number of carbonyl (C=O) groups is 4. The lowest BCUT2D eigenvalue weighted by atomic mass is 9.46. The number of Topliss-reactive ketones (excluding diaryl/α,β-unsaturated/α-hetero) is 1. The van der Waals surface area contributed by atoms with Crippen LogP contribution in [-0.4, -0.2) is 83.7 Å². The van der Waals surface area contributed by atoms with Crippen LogP contribution in [0.15, 0.2) is 23.8 Å². The Balaban J connectivity index is 1.25. The van der Waals surface area contributed by atoms with Crippen LogP contribution in [0.3, 0.4) is 0 Å². The van der Waals surface area contributed by atoms with E-state index in [1.165, 1.54) is 0 Å². The monoisotopic (exact) mass is 662 g/mol. The van der Waals surface area contributed by atoms with Gasteiger partial charge < -0.3 is 34.6 Å². The van der Waals surface area contributed by atoms with Crippen LogP contribution >= 0.6 is 0 Å². The SMILES string of the molecule is CCCC1O[C@@H]2C[C@H]3[C@@H]4CCC5=CC(=O)C=C[C@]5(C)[C@H]4[C@@H](O)C[C@]3(C)C2(C(=O)COC(=O)CC(N)C(=O)OCCCCO[N+](=O)[O-])O1. The van der Waals surface area contributed by atoms with Gasteiger partial charge in [-0.1, -0.05) is 38.8 Å². The fraction of sp³-hybridized carbons (Fsp3) is 0.758. The van der Waals surface area contributed by atoms with Gasteiger partial charge in [-0.25, -0.2) is 0 Å². The molecule has 3 N–H and O–H groups in total. The Morgan fingerprint density at radius 1 is 1.21 bits per heavy atom. The molecule has 0 radical (unpaired) electrons. The minimum absolute atomic E-state index is 0.0261. The predicted octanol–water partition coefficient (Wildman–Crippen LogP) is 2.52. The van der Waals surface area contributed by atoms with Gasteiger partial charge in [0.15, 0.2) is 24.3 Å². The van der Waals surface area contributed by atoms with Gasteiger partial charge in [-0.3, -0.25) is 19.2 Å². The van der Waals surface area contributed by atoms with Crippen LogP contribution in [0.4, 0.5) is 0 Å². The Bertz CT molecular complexity index is 1330. The van der Waals surface area contributed by atoms with Crippen molar-refractivity contribution in [3.8, 4) is 0 Å². The van der Waals surface area contributed by atoms with Crippen LogP contribution < -0.4 is 5.73 Å². The van der Waals surface area contributed by atoms with Crippen molar-refractivity contribution in [1.29, 1.82) is 0 Å². The Morgan fingerprint density at radius 3 is 2.68 bits per heavy atom. The summed E-state index contributed by atoms with van der Waals surface area (Å²) in [7, 11) is 0. The number of aliphatic hydroxyl groups is 1. The summed E-state index contributed by atoms with van der Waals surface area (Å²) in [5.41, 5.74) is 4.14. The number of hydrogen-bond donors (Lipinski definition) is 2. The van der Waals surface area contributed by atoms with Crippen LogP contribution in [0.2, 0.25) is 0 Å². The van der Waals surface area contributed by atoms with E-state index in [0.717, 1.165) is 24.8 Å². The lowest BCUT2D eigenvalue weighted by Crippen LogP contribution is -2.63. The molecule has 10 atom stereocenters. The highest BCUT2D eigenvalue weighted by molar-refractivity contribution is 6.01. The first-order valence-corrected chi connectivity index (χ1v) is 16.6. The van der Waals surface area contributed by atoms with Gasteiger partial charge in [-0.2, -0.15) is 0 Å². The van der Waals surface area contributed by atoms with Crippen molar-refractivity contribution in [2.45, 2.75) is 109 Å². The second-order valence-electron chi connectivity index (χ2n) is 14.0. The number of hydrogen-bond acceptors (Lipinski definition) is 13. The molecule has 5 rings (SSSR count). The fourth-order valence-electron chi connectivity index (χ4n) is 9.20. The van der Waals surface area contributed by atoms with Gasteiger partial charge in [0, 0.05) is 16.7 Å². The van der Waals surface area contributed by atoms with Gasteiger partial charge in [0.25, 0.3) is 5.09 Å². The van der Waals surface area contributed by atoms with E-state index in [1.54, 1.807) is 12.2 Å². The molecule has 1 heterocycles. The number of esters is 2. The van der Waals surface area contributed by atoms with Gasteiger partial charge in [-0.15, -0.1) is 10.1 Å². The summed E-state index contributed by atoms with van der Waals surface area (Å²) in [5, 5.41) is 21.1. The van der Waals surface area contributed by atoms with Crippen molar-refractivity contribution in [1.82, 2.24) is 0 Å². The smallest absolute Gasteiger partial charge is 0.323 e. The maximum Gasteiger partial charge on any atom is 0.323 e. The molecule has 47 heavy (non-hydrogen) atoms. The molecule has 0 aromatic carbocycles. The van der Waals surface area contributed by atoms with E-state index in [9.17, 15) is 34.4 Å². The summed E-state index contributed by atoms with van der Waals surface area (Å²) in [5.74, 6) is -2.32. The molecule has 0 spiro atoms. The maximum atomic E-state index is 14.2. The molecule has 14 nitrogen and oxygen atoms in total. The van der Waals surface area contributed by atoms with Crippen LogP contribution in [0.25, 0.3) is 0 Å². The van der Waals surface area contributed by atoms with E-state index in [4.69, 9.17) is 24.7 Å². The molecular weight excluding hydrogens is 616 g/mol. The van der Waals surface area contributed by atoms with E-state index in [0.29, 0.717) is 19.3 Å². The van der Waals surface area contributed by atoms with Gasteiger partial charge in [-0.05, 0) is 68.9 Å². The predicted molar refractivity (Wildman–Crippen MR) is 162 cm³/mol. The second kappa shape index (κ2) is 13.7. The maximum absolute atomic E-state index is 14.2. The first kappa shape index (κ1) is 35.1. The number of fused-ring (bicyclic) bond motifs is 7. The third kappa shape index (κ3) is 6.36. The molecule has 0 bridgehead atoms. The Hall–Kier alpha value is -3.20. The van der Waals surface area contributed by atoms with E-state index in [-0.39, 0.29) is 49.6 Å². The average Bonchev–Trinajstić information content (AvgIpc) is 3.49. The topological polar surface area (TPSA) is 204 Å². The third-order valence-electron chi connectivity index (χ3n) is 11.3. The standard InChI is InChI=1S/C33H46N2O12/c1-4-7-28-46-26-15-22-21-9-8-19-14-20(36)10-11-31(19,2)29(21)24(37)17-32(22,3)33(26,47-28)25(38)18-44-27(39)16-23(34)30(40)43-12-5-6-13-45-35(41)42/h10-11,14,21-24,26,28-29,37H,4-9,12-13,15-18,34H2,1-3H3/t21-,22-,23?,24-,26+,28?,29+,31-,32-,33?/m0/s1. The highest BCUT2D eigenvalue weighted by Gasteiger charge is 2.75. The lowest BCUT2D eigenvalue weighted by Gasteiger charge is -2.59. The molecule has 0 aromatic rings. The molecular formula is C33H46N2O12. The number of ketones is 2. The fourth-order valence-corrected chi connectivity index (χ4v) is 9.20. The van der Waals surface area contributed by atoms with Crippen molar-refractivity contribution in [2.75, 3.05) is 19.8 Å². The Labute approximate surface area is 273 Å². The van der Waals surface area contributed by atoms with Crippen molar-refractivity contribution < 1.29 is 53.2 Å². The minimum Gasteiger partial charge on any atom is -0.465 e. The van der Waals surface area contributed by atoms with Crippen LogP contribution in [0, 0.1) is 38.7 Å². The molecule has 5 aliphatic rings. The number of nitrogens with two attached hydrogens (primary N) is 1. The van der Waals surface area contributed by atoms with Crippen LogP contribution in [0.5, 0.6) is 0 Å². The van der Waals surface area contributed by atoms with Crippen molar-refractivity contribution in [2.24, 2.45) is 34.3 Å². The number of unbranched alkanes of at least 4 members (excludes halogenated alkanes) is 1. The van der Waals surface area contributed by atoms with E-state index >= 15 is 0 Å². The summed E-state index contributed by atoms with van der Waals surface area (Å²) < 4.78 is 23.4. The number of rotatable bonds is 14.